The zero-order valence-corrected chi connectivity index (χ0v) is 20.8. The number of aliphatic hydroxyl groups is 1. The Morgan fingerprint density at radius 1 is 1.20 bits per heavy atom. The fourth-order valence-electron chi connectivity index (χ4n) is 4.20. The minimum absolute atomic E-state index is 0.0770. The van der Waals surface area contributed by atoms with Crippen LogP contribution in [0.5, 0.6) is 0 Å². The zero-order valence-electron chi connectivity index (χ0n) is 19.8. The SMILES string of the molecule is CC(C)(C)[Si](C)(C)OCCCCC1(O)CCc2ccc(COC3CCCCO3)cc21. The molecule has 2 unspecified atom stereocenters. The Morgan fingerprint density at radius 3 is 2.70 bits per heavy atom. The van der Waals surface area contributed by atoms with Crippen LogP contribution in [-0.4, -0.2) is 32.9 Å². The first-order valence-electron chi connectivity index (χ1n) is 11.8. The maximum absolute atomic E-state index is 11.4. The molecule has 1 aromatic rings. The third kappa shape index (κ3) is 5.95. The van der Waals surface area contributed by atoms with E-state index in [9.17, 15) is 5.11 Å². The minimum Gasteiger partial charge on any atom is -0.417 e. The van der Waals surface area contributed by atoms with E-state index >= 15 is 0 Å². The van der Waals surface area contributed by atoms with Crippen molar-refractivity contribution in [3.8, 4) is 0 Å². The van der Waals surface area contributed by atoms with Crippen LogP contribution in [0.25, 0.3) is 0 Å². The second-order valence-electron chi connectivity index (χ2n) is 10.7. The molecular weight excluding hydrogens is 392 g/mol. The predicted octanol–water partition coefficient (Wildman–Crippen LogP) is 6.06. The molecule has 5 heteroatoms. The second-order valence-corrected chi connectivity index (χ2v) is 15.5. The van der Waals surface area contributed by atoms with Crippen molar-refractivity contribution in [2.75, 3.05) is 13.2 Å². The van der Waals surface area contributed by atoms with E-state index in [0.29, 0.717) is 6.61 Å². The highest BCUT2D eigenvalue weighted by atomic mass is 28.4. The van der Waals surface area contributed by atoms with Crippen molar-refractivity contribution in [2.24, 2.45) is 0 Å². The number of unbranched alkanes of at least 4 members (excludes halogenated alkanes) is 1. The third-order valence-electron chi connectivity index (χ3n) is 7.31. The Hall–Kier alpha value is -0.723. The Bertz CT molecular complexity index is 691. The standard InChI is InChI=1S/C25H42O4Si/c1-24(2,3)30(4,5)29-17-9-7-14-25(26)15-13-21-12-11-20(18-22(21)25)19-28-23-10-6-8-16-27-23/h11-12,18,23,26H,6-10,13-17,19H2,1-5H3. The number of fused-ring (bicyclic) bond motifs is 1. The lowest BCUT2D eigenvalue weighted by Crippen LogP contribution is -2.41. The van der Waals surface area contributed by atoms with Crippen LogP contribution in [0.3, 0.4) is 0 Å². The van der Waals surface area contributed by atoms with E-state index in [1.165, 1.54) is 12.0 Å². The molecule has 0 bridgehead atoms. The van der Waals surface area contributed by atoms with Crippen LogP contribution >= 0.6 is 0 Å². The third-order valence-corrected chi connectivity index (χ3v) is 11.8. The van der Waals surface area contributed by atoms with Crippen LogP contribution in [0.1, 0.15) is 82.4 Å². The number of rotatable bonds is 9. The van der Waals surface area contributed by atoms with Gasteiger partial charge in [-0.2, -0.15) is 0 Å². The monoisotopic (exact) mass is 434 g/mol. The van der Waals surface area contributed by atoms with Crippen LogP contribution < -0.4 is 0 Å². The normalized spacial score (nSPS) is 24.8. The van der Waals surface area contributed by atoms with Gasteiger partial charge in [-0.25, -0.2) is 0 Å². The maximum atomic E-state index is 11.4. The average Bonchev–Trinajstić information content (AvgIpc) is 3.02. The molecule has 1 aliphatic carbocycles. The fourth-order valence-corrected chi connectivity index (χ4v) is 5.28. The summed E-state index contributed by atoms with van der Waals surface area (Å²) in [5.74, 6) is 0. The summed E-state index contributed by atoms with van der Waals surface area (Å²) < 4.78 is 17.9. The van der Waals surface area contributed by atoms with E-state index in [2.05, 4.69) is 52.1 Å². The van der Waals surface area contributed by atoms with Gasteiger partial charge in [-0.3, -0.25) is 0 Å². The van der Waals surface area contributed by atoms with Crippen molar-refractivity contribution < 1.29 is 19.0 Å². The Balaban J connectivity index is 1.50. The van der Waals surface area contributed by atoms with Crippen LogP contribution in [0.15, 0.2) is 18.2 Å². The summed E-state index contributed by atoms with van der Waals surface area (Å²) in [4.78, 5) is 0. The number of hydrogen-bond acceptors (Lipinski definition) is 4. The molecule has 1 heterocycles. The van der Waals surface area contributed by atoms with Gasteiger partial charge in [0.25, 0.3) is 0 Å². The Labute approximate surface area is 184 Å². The topological polar surface area (TPSA) is 47.9 Å². The van der Waals surface area contributed by atoms with Gasteiger partial charge in [0.1, 0.15) is 0 Å². The van der Waals surface area contributed by atoms with Crippen molar-refractivity contribution in [1.29, 1.82) is 0 Å². The van der Waals surface area contributed by atoms with E-state index in [0.717, 1.165) is 69.3 Å². The van der Waals surface area contributed by atoms with Crippen LogP contribution in [-0.2, 0) is 32.5 Å². The molecule has 2 atom stereocenters. The van der Waals surface area contributed by atoms with Crippen molar-refractivity contribution in [2.45, 2.75) is 109 Å². The molecule has 30 heavy (non-hydrogen) atoms. The van der Waals surface area contributed by atoms with Gasteiger partial charge in [0.2, 0.25) is 0 Å². The average molecular weight is 435 g/mol. The van der Waals surface area contributed by atoms with E-state index in [4.69, 9.17) is 13.9 Å². The van der Waals surface area contributed by atoms with E-state index in [-0.39, 0.29) is 11.3 Å². The Kier molecular flexibility index (Phi) is 7.84. The highest BCUT2D eigenvalue weighted by Gasteiger charge is 2.38. The number of aryl methyl sites for hydroxylation is 1. The smallest absolute Gasteiger partial charge is 0.191 e. The molecule has 0 saturated carbocycles. The molecule has 1 fully saturated rings. The summed E-state index contributed by atoms with van der Waals surface area (Å²) in [5, 5.41) is 11.6. The molecule has 170 valence electrons. The van der Waals surface area contributed by atoms with Crippen molar-refractivity contribution in [1.82, 2.24) is 0 Å². The first kappa shape index (κ1) is 23.9. The summed E-state index contributed by atoms with van der Waals surface area (Å²) in [6.45, 7) is 13.6. The van der Waals surface area contributed by atoms with Gasteiger partial charge in [0.15, 0.2) is 14.6 Å². The molecular formula is C25H42O4Si. The highest BCUT2D eigenvalue weighted by molar-refractivity contribution is 6.74. The highest BCUT2D eigenvalue weighted by Crippen LogP contribution is 2.41. The fraction of sp³-hybridized carbons (Fsp3) is 0.760. The zero-order chi connectivity index (χ0) is 21.8. The van der Waals surface area contributed by atoms with Gasteiger partial charge < -0.3 is 19.0 Å². The molecule has 3 rings (SSSR count). The van der Waals surface area contributed by atoms with Crippen molar-refractivity contribution in [3.63, 3.8) is 0 Å². The molecule has 0 aromatic heterocycles. The lowest BCUT2D eigenvalue weighted by molar-refractivity contribution is -0.168. The number of hydrogen-bond donors (Lipinski definition) is 1. The molecule has 1 N–H and O–H groups in total. The summed E-state index contributed by atoms with van der Waals surface area (Å²) in [6, 6.07) is 6.48. The molecule has 0 amide bonds. The molecule has 1 saturated heterocycles. The first-order valence-corrected chi connectivity index (χ1v) is 14.7. The molecule has 1 aliphatic heterocycles. The quantitative estimate of drug-likeness (QED) is 0.379. The van der Waals surface area contributed by atoms with Gasteiger partial charge in [0, 0.05) is 13.2 Å². The largest absolute Gasteiger partial charge is 0.417 e. The van der Waals surface area contributed by atoms with E-state index in [1.807, 2.05) is 0 Å². The number of benzene rings is 1. The summed E-state index contributed by atoms with van der Waals surface area (Å²) >= 11 is 0. The molecule has 1 aromatic carbocycles. The summed E-state index contributed by atoms with van der Waals surface area (Å²) in [6.07, 6.45) is 7.78. The Morgan fingerprint density at radius 2 is 2.00 bits per heavy atom. The van der Waals surface area contributed by atoms with Gasteiger partial charge in [-0.15, -0.1) is 0 Å². The van der Waals surface area contributed by atoms with E-state index in [1.54, 1.807) is 0 Å². The summed E-state index contributed by atoms with van der Waals surface area (Å²) in [7, 11) is -1.68. The maximum Gasteiger partial charge on any atom is 0.191 e. The first-order chi connectivity index (χ1) is 14.1. The predicted molar refractivity (Wildman–Crippen MR) is 124 cm³/mol. The van der Waals surface area contributed by atoms with Gasteiger partial charge in [-0.05, 0) is 86.2 Å². The molecule has 2 aliphatic rings. The van der Waals surface area contributed by atoms with Gasteiger partial charge in [0.05, 0.1) is 12.2 Å². The summed E-state index contributed by atoms with van der Waals surface area (Å²) in [5.41, 5.74) is 2.82. The molecule has 0 spiro atoms. The minimum atomic E-state index is -1.68. The lowest BCUT2D eigenvalue weighted by Gasteiger charge is -2.36. The van der Waals surface area contributed by atoms with Crippen molar-refractivity contribution in [3.05, 3.63) is 34.9 Å². The number of ether oxygens (including phenoxy) is 2. The van der Waals surface area contributed by atoms with Crippen LogP contribution in [0.4, 0.5) is 0 Å². The second kappa shape index (κ2) is 9.82. The van der Waals surface area contributed by atoms with Gasteiger partial charge in [-0.1, -0.05) is 39.0 Å². The molecule has 0 radical (unpaired) electrons. The van der Waals surface area contributed by atoms with Crippen LogP contribution in [0, 0.1) is 0 Å². The lowest BCUT2D eigenvalue weighted by atomic mass is 9.89. The van der Waals surface area contributed by atoms with Crippen LogP contribution in [0.2, 0.25) is 18.1 Å². The molecule has 4 nitrogen and oxygen atoms in total. The van der Waals surface area contributed by atoms with Crippen molar-refractivity contribution >= 4 is 8.32 Å². The van der Waals surface area contributed by atoms with E-state index < -0.39 is 13.9 Å². The van der Waals surface area contributed by atoms with Gasteiger partial charge >= 0.3 is 0 Å².